The normalized spacial score (nSPS) is 18.2. The maximum Gasteiger partial charge on any atom is 0.246 e. The fourth-order valence-electron chi connectivity index (χ4n) is 4.65. The highest BCUT2D eigenvalue weighted by molar-refractivity contribution is 6.42. The van der Waals surface area contributed by atoms with Crippen LogP contribution in [0.25, 0.3) is 6.08 Å². The number of aliphatic hydroxyl groups is 1. The third kappa shape index (κ3) is 6.89. The Bertz CT molecular complexity index is 1170. The van der Waals surface area contributed by atoms with Gasteiger partial charge in [-0.2, -0.15) is 0 Å². The molecule has 2 aliphatic rings. The van der Waals surface area contributed by atoms with Crippen molar-refractivity contribution in [3.05, 3.63) is 70.0 Å². The second kappa shape index (κ2) is 12.1. The molecule has 0 radical (unpaired) electrons. The first-order valence-electron chi connectivity index (χ1n) is 12.4. The Balaban J connectivity index is 1.24. The summed E-state index contributed by atoms with van der Waals surface area (Å²) in [6.07, 6.45) is 7.77. The topological polar surface area (TPSA) is 94.1 Å². The molecule has 2 fully saturated rings. The molecule has 37 heavy (non-hydrogen) atoms. The first-order chi connectivity index (χ1) is 17.7. The van der Waals surface area contributed by atoms with Gasteiger partial charge in [-0.05, 0) is 42.7 Å². The number of carbonyl (C=O) groups is 3. The maximum absolute atomic E-state index is 12.8. The van der Waals surface area contributed by atoms with Gasteiger partial charge in [0.2, 0.25) is 17.7 Å². The van der Waals surface area contributed by atoms with E-state index in [2.05, 4.69) is 4.98 Å². The highest BCUT2D eigenvalue weighted by Gasteiger charge is 2.35. The molecule has 2 saturated heterocycles. The molecule has 196 valence electrons. The number of aromatic nitrogens is 1. The van der Waals surface area contributed by atoms with Gasteiger partial charge in [-0.3, -0.25) is 19.4 Å². The van der Waals surface area contributed by atoms with Gasteiger partial charge in [-0.1, -0.05) is 35.3 Å². The lowest BCUT2D eigenvalue weighted by Crippen LogP contribution is -2.46. The van der Waals surface area contributed by atoms with Crippen LogP contribution in [0.4, 0.5) is 0 Å². The van der Waals surface area contributed by atoms with Crippen molar-refractivity contribution in [3.8, 4) is 0 Å². The molecule has 1 N–H and O–H groups in total. The second-order valence-electron chi connectivity index (χ2n) is 9.37. The number of amides is 3. The lowest BCUT2D eigenvalue weighted by atomic mass is 9.85. The SMILES string of the molecule is O=C(C=Cc1ccc(Cl)c(Cl)c1)N1CCC(=O)N(CCC(=O)N2CCC(O)(c3cccnc3)CC2)CC1. The van der Waals surface area contributed by atoms with Crippen molar-refractivity contribution in [1.29, 1.82) is 0 Å². The second-order valence-corrected chi connectivity index (χ2v) is 10.2. The van der Waals surface area contributed by atoms with Gasteiger partial charge in [-0.25, -0.2) is 0 Å². The Labute approximate surface area is 226 Å². The lowest BCUT2D eigenvalue weighted by molar-refractivity contribution is -0.137. The summed E-state index contributed by atoms with van der Waals surface area (Å²) >= 11 is 12.0. The Hall–Kier alpha value is -2.94. The first-order valence-corrected chi connectivity index (χ1v) is 13.1. The summed E-state index contributed by atoms with van der Waals surface area (Å²) < 4.78 is 0. The number of pyridine rings is 1. The molecule has 0 unspecified atom stereocenters. The van der Waals surface area contributed by atoms with E-state index >= 15 is 0 Å². The zero-order valence-electron chi connectivity index (χ0n) is 20.5. The van der Waals surface area contributed by atoms with E-state index in [0.29, 0.717) is 62.2 Å². The van der Waals surface area contributed by atoms with Crippen LogP contribution < -0.4 is 0 Å². The molecule has 10 heteroatoms. The van der Waals surface area contributed by atoms with Crippen LogP contribution >= 0.6 is 23.2 Å². The van der Waals surface area contributed by atoms with Crippen LogP contribution in [0.3, 0.4) is 0 Å². The number of piperidine rings is 1. The minimum Gasteiger partial charge on any atom is -0.385 e. The molecule has 3 heterocycles. The van der Waals surface area contributed by atoms with Crippen LogP contribution in [0.5, 0.6) is 0 Å². The highest BCUT2D eigenvalue weighted by Crippen LogP contribution is 2.32. The molecule has 1 aromatic carbocycles. The quantitative estimate of drug-likeness (QED) is 0.562. The smallest absolute Gasteiger partial charge is 0.246 e. The maximum atomic E-state index is 12.8. The van der Waals surface area contributed by atoms with E-state index in [9.17, 15) is 19.5 Å². The van der Waals surface area contributed by atoms with Crippen molar-refractivity contribution in [2.75, 3.05) is 39.3 Å². The monoisotopic (exact) mass is 544 g/mol. The van der Waals surface area contributed by atoms with Crippen LogP contribution in [0, 0.1) is 0 Å². The van der Waals surface area contributed by atoms with E-state index in [1.807, 2.05) is 6.07 Å². The van der Waals surface area contributed by atoms with E-state index in [0.717, 1.165) is 11.1 Å². The molecule has 2 aliphatic heterocycles. The summed E-state index contributed by atoms with van der Waals surface area (Å²) in [6.45, 7) is 2.30. The van der Waals surface area contributed by atoms with Crippen LogP contribution in [0.15, 0.2) is 48.8 Å². The van der Waals surface area contributed by atoms with Gasteiger partial charge in [0.15, 0.2) is 0 Å². The van der Waals surface area contributed by atoms with Crippen LogP contribution in [-0.4, -0.2) is 81.8 Å². The van der Waals surface area contributed by atoms with Gasteiger partial charge in [0.25, 0.3) is 0 Å². The molecule has 0 saturated carbocycles. The van der Waals surface area contributed by atoms with Gasteiger partial charge < -0.3 is 19.8 Å². The minimum absolute atomic E-state index is 0.0391. The molecule has 2 aromatic rings. The average Bonchev–Trinajstić information content (AvgIpc) is 3.10. The summed E-state index contributed by atoms with van der Waals surface area (Å²) in [5, 5.41) is 11.8. The molecule has 4 rings (SSSR count). The van der Waals surface area contributed by atoms with Gasteiger partial charge >= 0.3 is 0 Å². The number of hydrogen-bond acceptors (Lipinski definition) is 5. The highest BCUT2D eigenvalue weighted by atomic mass is 35.5. The molecule has 0 bridgehead atoms. The van der Waals surface area contributed by atoms with E-state index in [4.69, 9.17) is 23.2 Å². The van der Waals surface area contributed by atoms with Crippen molar-refractivity contribution < 1.29 is 19.5 Å². The van der Waals surface area contributed by atoms with Crippen molar-refractivity contribution in [2.24, 2.45) is 0 Å². The average molecular weight is 545 g/mol. The summed E-state index contributed by atoms with van der Waals surface area (Å²) in [5.74, 6) is -0.296. The van der Waals surface area contributed by atoms with Gasteiger partial charge in [-0.15, -0.1) is 0 Å². The van der Waals surface area contributed by atoms with Gasteiger partial charge in [0.1, 0.15) is 0 Å². The van der Waals surface area contributed by atoms with E-state index in [-0.39, 0.29) is 30.6 Å². The zero-order chi connectivity index (χ0) is 26.4. The summed E-state index contributed by atoms with van der Waals surface area (Å²) in [7, 11) is 0. The van der Waals surface area contributed by atoms with E-state index in [1.54, 1.807) is 57.4 Å². The lowest BCUT2D eigenvalue weighted by Gasteiger charge is -2.38. The molecule has 1 aromatic heterocycles. The molecule has 0 atom stereocenters. The van der Waals surface area contributed by atoms with E-state index < -0.39 is 5.60 Å². The first kappa shape index (κ1) is 27.1. The summed E-state index contributed by atoms with van der Waals surface area (Å²) in [4.78, 5) is 47.3. The summed E-state index contributed by atoms with van der Waals surface area (Å²) in [5.41, 5.74) is 0.546. The number of carbonyl (C=O) groups excluding carboxylic acids is 3. The fourth-order valence-corrected chi connectivity index (χ4v) is 4.96. The van der Waals surface area contributed by atoms with Gasteiger partial charge in [0, 0.05) is 76.1 Å². The predicted octanol–water partition coefficient (Wildman–Crippen LogP) is 3.36. The number of nitrogens with zero attached hydrogens (tertiary/aromatic N) is 4. The van der Waals surface area contributed by atoms with Crippen LogP contribution in [-0.2, 0) is 20.0 Å². The Kier molecular flexibility index (Phi) is 8.84. The number of likely N-dealkylation sites (tertiary alicyclic amines) is 1. The third-order valence-corrected chi connectivity index (χ3v) is 7.74. The number of benzene rings is 1. The number of hydrogen-bond donors (Lipinski definition) is 1. The number of rotatable bonds is 6. The van der Waals surface area contributed by atoms with Crippen LogP contribution in [0.1, 0.15) is 36.8 Å². The third-order valence-electron chi connectivity index (χ3n) is 7.00. The Morgan fingerprint density at radius 1 is 1.03 bits per heavy atom. The summed E-state index contributed by atoms with van der Waals surface area (Å²) in [6, 6.07) is 8.77. The molecule has 8 nitrogen and oxygen atoms in total. The molecule has 0 aliphatic carbocycles. The van der Waals surface area contributed by atoms with Gasteiger partial charge in [0.05, 0.1) is 15.6 Å². The Morgan fingerprint density at radius 2 is 1.81 bits per heavy atom. The largest absolute Gasteiger partial charge is 0.385 e. The number of halogens is 2. The van der Waals surface area contributed by atoms with Crippen LogP contribution in [0.2, 0.25) is 10.0 Å². The van der Waals surface area contributed by atoms with E-state index in [1.165, 1.54) is 6.08 Å². The standard InChI is InChI=1S/C27H30Cl2N4O4/c28-22-5-3-20(18-23(22)29)4-6-24(34)31-12-7-25(35)32(17-16-31)13-8-26(36)33-14-9-27(37,10-15-33)21-2-1-11-30-19-21/h1-6,11,18-19,37H,7-10,12-17H2. The fraction of sp³-hybridized carbons (Fsp3) is 0.407. The Morgan fingerprint density at radius 3 is 2.51 bits per heavy atom. The van der Waals surface area contributed by atoms with Crippen molar-refractivity contribution >= 4 is 47.0 Å². The molecular weight excluding hydrogens is 515 g/mol. The molecule has 0 spiro atoms. The van der Waals surface area contributed by atoms with Crippen molar-refractivity contribution in [3.63, 3.8) is 0 Å². The predicted molar refractivity (Wildman–Crippen MR) is 142 cm³/mol. The minimum atomic E-state index is -0.976. The molecular formula is C27H30Cl2N4O4. The zero-order valence-corrected chi connectivity index (χ0v) is 22.0. The van der Waals surface area contributed by atoms with Crippen molar-refractivity contribution in [2.45, 2.75) is 31.3 Å². The molecule has 3 amide bonds. The van der Waals surface area contributed by atoms with Crippen molar-refractivity contribution in [1.82, 2.24) is 19.7 Å².